The van der Waals surface area contributed by atoms with Crippen LogP contribution in [0.3, 0.4) is 0 Å². The summed E-state index contributed by atoms with van der Waals surface area (Å²) in [6, 6.07) is 3.22. The maximum Gasteiger partial charge on any atom is 0.274 e. The van der Waals surface area contributed by atoms with Gasteiger partial charge in [0.2, 0.25) is 0 Å². The average Bonchev–Trinajstić information content (AvgIpc) is 2.88. The number of aryl methyl sites for hydroxylation is 1. The van der Waals surface area contributed by atoms with Crippen LogP contribution >= 0.6 is 11.6 Å². The first kappa shape index (κ1) is 16.3. The molecule has 0 unspecified atom stereocenters. The minimum Gasteiger partial charge on any atom is -0.496 e. The lowest BCUT2D eigenvalue weighted by atomic mass is 10.00. The molecule has 1 amide bonds. The molecule has 0 atom stereocenters. The van der Waals surface area contributed by atoms with Crippen LogP contribution in [-0.2, 0) is 6.54 Å². The number of Topliss-reactive ketones (excluding diaryl/α,β-unsaturated/α-hetero) is 1. The third kappa shape index (κ3) is 2.60. The maximum atomic E-state index is 12.6. The number of halogens is 1. The molecule has 8 heteroatoms. The highest BCUT2D eigenvalue weighted by Crippen LogP contribution is 2.38. The molecule has 1 aliphatic rings. The van der Waals surface area contributed by atoms with Crippen LogP contribution < -0.4 is 15.8 Å². The van der Waals surface area contributed by atoms with Gasteiger partial charge in [0.1, 0.15) is 11.4 Å². The number of carbonyl (C=O) groups is 2. The fourth-order valence-electron chi connectivity index (χ4n) is 3.10. The van der Waals surface area contributed by atoms with E-state index in [1.807, 2.05) is 0 Å². The molecule has 0 saturated heterocycles. The predicted molar refractivity (Wildman–Crippen MR) is 91.1 cm³/mol. The second kappa shape index (κ2) is 6.16. The summed E-state index contributed by atoms with van der Waals surface area (Å²) < 4.78 is 7.10. The predicted octanol–water partition coefficient (Wildman–Crippen LogP) is 2.29. The van der Waals surface area contributed by atoms with Crippen molar-refractivity contribution in [3.63, 3.8) is 0 Å². The zero-order valence-electron chi connectivity index (χ0n) is 13.1. The number of benzene rings is 1. The number of guanidine groups is 1. The van der Waals surface area contributed by atoms with E-state index in [0.717, 1.165) is 12.8 Å². The molecular formula is C16H17ClN4O3. The second-order valence-corrected chi connectivity index (χ2v) is 6.03. The molecule has 2 aromatic rings. The van der Waals surface area contributed by atoms with Gasteiger partial charge in [-0.2, -0.15) is 0 Å². The van der Waals surface area contributed by atoms with Crippen molar-refractivity contribution in [1.29, 1.82) is 5.41 Å². The summed E-state index contributed by atoms with van der Waals surface area (Å²) in [7, 11) is 1.48. The standard InChI is InChI=1S/C16H17ClN4O3/c1-24-12-7-9(17)8-6-10(15(23)20-16(18)19)21-5-3-2-4-11(22)13(12)14(8)21/h6-7H,2-5H2,1H3,(H4,18,19,20,23). The Balaban J connectivity index is 2.35. The second-order valence-electron chi connectivity index (χ2n) is 5.63. The number of carbonyl (C=O) groups excluding carboxylic acids is 2. The number of nitrogens with two attached hydrogens (primary N) is 1. The monoisotopic (exact) mass is 348 g/mol. The number of nitrogens with one attached hydrogen (secondary N) is 2. The van der Waals surface area contributed by atoms with Gasteiger partial charge in [0.25, 0.3) is 5.91 Å². The highest BCUT2D eigenvalue weighted by Gasteiger charge is 2.27. The van der Waals surface area contributed by atoms with E-state index >= 15 is 0 Å². The molecule has 7 nitrogen and oxygen atoms in total. The lowest BCUT2D eigenvalue weighted by molar-refractivity contribution is 0.0956. The van der Waals surface area contributed by atoms with Gasteiger partial charge in [0.15, 0.2) is 11.7 Å². The first-order chi connectivity index (χ1) is 11.4. The van der Waals surface area contributed by atoms with E-state index in [2.05, 4.69) is 5.32 Å². The highest BCUT2D eigenvalue weighted by molar-refractivity contribution is 6.36. The Hall–Kier alpha value is -2.54. The van der Waals surface area contributed by atoms with E-state index in [4.69, 9.17) is 27.5 Å². The van der Waals surface area contributed by atoms with Crippen molar-refractivity contribution in [1.82, 2.24) is 9.88 Å². The van der Waals surface area contributed by atoms with Crippen LogP contribution in [-0.4, -0.2) is 29.3 Å². The van der Waals surface area contributed by atoms with Crippen molar-refractivity contribution in [2.24, 2.45) is 5.73 Å². The first-order valence-corrected chi connectivity index (χ1v) is 7.90. The Kier molecular flexibility index (Phi) is 4.19. The number of amides is 1. The SMILES string of the molecule is COc1cc(Cl)c2cc(C(=O)NC(=N)N)n3c2c1C(=O)CCCC3. The van der Waals surface area contributed by atoms with Crippen molar-refractivity contribution >= 4 is 40.2 Å². The van der Waals surface area contributed by atoms with Gasteiger partial charge in [-0.05, 0) is 18.9 Å². The summed E-state index contributed by atoms with van der Waals surface area (Å²) in [6.45, 7) is 0.563. The normalized spacial score (nSPS) is 14.2. The summed E-state index contributed by atoms with van der Waals surface area (Å²) in [4.78, 5) is 25.0. The van der Waals surface area contributed by atoms with Crippen LogP contribution in [0.1, 0.15) is 40.1 Å². The molecular weight excluding hydrogens is 332 g/mol. The Bertz CT molecular complexity index is 872. The van der Waals surface area contributed by atoms with E-state index in [1.54, 1.807) is 16.7 Å². The average molecular weight is 349 g/mol. The van der Waals surface area contributed by atoms with Crippen LogP contribution in [0.5, 0.6) is 5.75 Å². The van der Waals surface area contributed by atoms with E-state index in [-0.39, 0.29) is 5.78 Å². The molecule has 1 aromatic carbocycles. The summed E-state index contributed by atoms with van der Waals surface area (Å²) in [5.74, 6) is -0.583. The number of ketones is 1. The molecule has 0 saturated carbocycles. The molecule has 0 fully saturated rings. The zero-order valence-corrected chi connectivity index (χ0v) is 13.9. The van der Waals surface area contributed by atoms with E-state index in [9.17, 15) is 9.59 Å². The number of hydrogen-bond donors (Lipinski definition) is 3. The minimum absolute atomic E-state index is 0.0360. The molecule has 3 rings (SSSR count). The zero-order chi connectivity index (χ0) is 17.4. The maximum absolute atomic E-state index is 12.6. The fraction of sp³-hybridized carbons (Fsp3) is 0.312. The van der Waals surface area contributed by atoms with Gasteiger partial charge in [-0.25, -0.2) is 0 Å². The molecule has 0 aliphatic carbocycles. The van der Waals surface area contributed by atoms with Crippen molar-refractivity contribution in [2.75, 3.05) is 7.11 Å². The molecule has 126 valence electrons. The number of ether oxygens (including phenoxy) is 1. The molecule has 0 radical (unpaired) electrons. The lowest BCUT2D eigenvalue weighted by Crippen LogP contribution is -2.36. The summed E-state index contributed by atoms with van der Waals surface area (Å²) >= 11 is 6.33. The minimum atomic E-state index is -0.507. The van der Waals surface area contributed by atoms with Crippen LogP contribution in [0.2, 0.25) is 5.02 Å². The number of rotatable bonds is 2. The number of nitrogens with zero attached hydrogens (tertiary/aromatic N) is 1. The van der Waals surface area contributed by atoms with Crippen molar-refractivity contribution < 1.29 is 14.3 Å². The molecule has 0 spiro atoms. The van der Waals surface area contributed by atoms with Gasteiger partial charge in [-0.1, -0.05) is 11.6 Å². The van der Waals surface area contributed by atoms with Crippen LogP contribution in [0, 0.1) is 5.41 Å². The van der Waals surface area contributed by atoms with E-state index < -0.39 is 11.9 Å². The van der Waals surface area contributed by atoms with E-state index in [0.29, 0.717) is 45.9 Å². The summed E-state index contributed by atoms with van der Waals surface area (Å²) in [5, 5.41) is 10.5. The van der Waals surface area contributed by atoms with Gasteiger partial charge in [0.05, 0.1) is 23.2 Å². The Morgan fingerprint density at radius 3 is 2.83 bits per heavy atom. The van der Waals surface area contributed by atoms with E-state index in [1.165, 1.54) is 7.11 Å². The van der Waals surface area contributed by atoms with Gasteiger partial charge < -0.3 is 15.0 Å². The van der Waals surface area contributed by atoms with Crippen LogP contribution in [0.15, 0.2) is 12.1 Å². The largest absolute Gasteiger partial charge is 0.496 e. The first-order valence-electron chi connectivity index (χ1n) is 7.52. The molecule has 2 heterocycles. The number of hydrogen-bond acceptors (Lipinski definition) is 4. The smallest absolute Gasteiger partial charge is 0.274 e. The third-order valence-corrected chi connectivity index (χ3v) is 4.42. The van der Waals surface area contributed by atoms with Gasteiger partial charge in [-0.15, -0.1) is 0 Å². The van der Waals surface area contributed by atoms with Gasteiger partial charge in [-0.3, -0.25) is 20.3 Å². The summed E-state index contributed by atoms with van der Waals surface area (Å²) in [6.07, 6.45) is 1.90. The van der Waals surface area contributed by atoms with Crippen molar-refractivity contribution in [3.8, 4) is 5.75 Å². The molecule has 24 heavy (non-hydrogen) atoms. The van der Waals surface area contributed by atoms with Gasteiger partial charge >= 0.3 is 0 Å². The molecule has 1 aromatic heterocycles. The Labute approximate surface area is 143 Å². The number of aromatic nitrogens is 1. The van der Waals surface area contributed by atoms with Crippen molar-refractivity contribution in [3.05, 3.63) is 28.4 Å². The summed E-state index contributed by atoms with van der Waals surface area (Å²) in [5.41, 5.74) is 6.61. The molecule has 1 aliphatic heterocycles. The fourth-order valence-corrected chi connectivity index (χ4v) is 3.34. The topological polar surface area (TPSA) is 110 Å². The van der Waals surface area contributed by atoms with Gasteiger partial charge in [0, 0.05) is 24.4 Å². The Morgan fingerprint density at radius 1 is 1.42 bits per heavy atom. The highest BCUT2D eigenvalue weighted by atomic mass is 35.5. The van der Waals surface area contributed by atoms with Crippen molar-refractivity contribution in [2.45, 2.75) is 25.8 Å². The third-order valence-electron chi connectivity index (χ3n) is 4.11. The van der Waals surface area contributed by atoms with Crippen LogP contribution in [0.4, 0.5) is 0 Å². The van der Waals surface area contributed by atoms with Crippen LogP contribution in [0.25, 0.3) is 10.9 Å². The number of methoxy groups -OCH3 is 1. The molecule has 0 bridgehead atoms. The quantitative estimate of drug-likeness (QED) is 0.571. The molecule has 4 N–H and O–H groups in total. The Morgan fingerprint density at radius 2 is 2.17 bits per heavy atom. The lowest BCUT2D eigenvalue weighted by Gasteiger charge is -2.17.